The molecular formula is C27H33N5O3. The highest BCUT2D eigenvalue weighted by Gasteiger charge is 2.35. The molecule has 0 spiro atoms. The van der Waals surface area contributed by atoms with Gasteiger partial charge in [0.25, 0.3) is 0 Å². The number of amides is 2. The van der Waals surface area contributed by atoms with Crippen molar-refractivity contribution in [3.05, 3.63) is 71.4 Å². The summed E-state index contributed by atoms with van der Waals surface area (Å²) in [5.41, 5.74) is 4.31. The number of methoxy groups -OCH3 is 2. The lowest BCUT2D eigenvalue weighted by molar-refractivity contribution is 0.159. The molecule has 2 atom stereocenters. The zero-order valence-electron chi connectivity index (χ0n) is 20.4. The predicted octanol–water partition coefficient (Wildman–Crippen LogP) is 3.61. The van der Waals surface area contributed by atoms with Crippen LogP contribution in [0.25, 0.3) is 5.69 Å². The van der Waals surface area contributed by atoms with Crippen LogP contribution in [0.5, 0.6) is 5.75 Å². The molecule has 5 rings (SSSR count). The van der Waals surface area contributed by atoms with Crippen LogP contribution in [-0.2, 0) is 17.6 Å². The summed E-state index contributed by atoms with van der Waals surface area (Å²) < 4.78 is 12.6. The summed E-state index contributed by atoms with van der Waals surface area (Å²) in [6.07, 6.45) is 2.94. The summed E-state index contributed by atoms with van der Waals surface area (Å²) in [7, 11) is 3.39. The van der Waals surface area contributed by atoms with Crippen molar-refractivity contribution in [2.75, 3.05) is 45.8 Å². The fourth-order valence-electron chi connectivity index (χ4n) is 5.23. The van der Waals surface area contributed by atoms with Crippen molar-refractivity contribution in [3.8, 4) is 11.4 Å². The second-order valence-electron chi connectivity index (χ2n) is 9.22. The van der Waals surface area contributed by atoms with Crippen molar-refractivity contribution in [2.45, 2.75) is 31.2 Å². The molecule has 8 heteroatoms. The van der Waals surface area contributed by atoms with Crippen LogP contribution in [0.4, 0.5) is 10.6 Å². The van der Waals surface area contributed by atoms with Crippen LogP contribution >= 0.6 is 0 Å². The molecular weight excluding hydrogens is 442 g/mol. The molecule has 1 fully saturated rings. The molecule has 1 saturated heterocycles. The Balaban J connectivity index is 1.36. The first kappa shape index (κ1) is 23.4. The Hall–Kier alpha value is -3.36. The van der Waals surface area contributed by atoms with Gasteiger partial charge < -0.3 is 14.8 Å². The van der Waals surface area contributed by atoms with E-state index in [4.69, 9.17) is 14.6 Å². The first-order valence-corrected chi connectivity index (χ1v) is 12.2. The highest BCUT2D eigenvalue weighted by molar-refractivity contribution is 5.90. The number of rotatable bonds is 8. The molecule has 0 radical (unpaired) electrons. The predicted molar refractivity (Wildman–Crippen MR) is 136 cm³/mol. The van der Waals surface area contributed by atoms with E-state index in [9.17, 15) is 4.79 Å². The third kappa shape index (κ3) is 5.04. The van der Waals surface area contributed by atoms with Gasteiger partial charge in [-0.3, -0.25) is 10.2 Å². The van der Waals surface area contributed by atoms with Gasteiger partial charge in [0.1, 0.15) is 11.6 Å². The summed E-state index contributed by atoms with van der Waals surface area (Å²) in [4.78, 5) is 15.7. The Labute approximate surface area is 206 Å². The van der Waals surface area contributed by atoms with Crippen molar-refractivity contribution >= 4 is 11.8 Å². The number of aryl methyl sites for hydroxylation is 1. The topological polar surface area (TPSA) is 80.7 Å². The van der Waals surface area contributed by atoms with Gasteiger partial charge in [0.2, 0.25) is 0 Å². The van der Waals surface area contributed by atoms with Gasteiger partial charge in [0.05, 0.1) is 31.1 Å². The van der Waals surface area contributed by atoms with Gasteiger partial charge >= 0.3 is 6.03 Å². The molecule has 2 N–H and O–H groups in total. The molecule has 3 aromatic rings. The Morgan fingerprint density at radius 3 is 2.74 bits per heavy atom. The van der Waals surface area contributed by atoms with E-state index in [0.717, 1.165) is 73.0 Å². The fourth-order valence-corrected chi connectivity index (χ4v) is 5.23. The molecule has 2 aromatic carbocycles. The molecule has 184 valence electrons. The largest absolute Gasteiger partial charge is 0.497 e. The van der Waals surface area contributed by atoms with Gasteiger partial charge in [0.15, 0.2) is 0 Å². The van der Waals surface area contributed by atoms with Crippen molar-refractivity contribution in [1.82, 2.24) is 20.0 Å². The number of hydrogen-bond acceptors (Lipinski definition) is 5. The maximum Gasteiger partial charge on any atom is 0.320 e. The minimum absolute atomic E-state index is 0.0416. The van der Waals surface area contributed by atoms with Gasteiger partial charge in [0, 0.05) is 38.2 Å². The van der Waals surface area contributed by atoms with Crippen LogP contribution in [0.3, 0.4) is 0 Å². The van der Waals surface area contributed by atoms with Crippen molar-refractivity contribution < 1.29 is 14.3 Å². The quantitative estimate of drug-likeness (QED) is 0.520. The van der Waals surface area contributed by atoms with E-state index < -0.39 is 0 Å². The van der Waals surface area contributed by atoms with Crippen molar-refractivity contribution in [3.63, 3.8) is 0 Å². The van der Waals surface area contributed by atoms with Crippen molar-refractivity contribution in [1.29, 1.82) is 0 Å². The van der Waals surface area contributed by atoms with E-state index in [-0.39, 0.29) is 18.0 Å². The number of anilines is 1. The van der Waals surface area contributed by atoms with Crippen molar-refractivity contribution in [2.24, 2.45) is 0 Å². The normalized spacial score (nSPS) is 19.5. The summed E-state index contributed by atoms with van der Waals surface area (Å²) in [6, 6.07) is 17.8. The second-order valence-corrected chi connectivity index (χ2v) is 9.22. The molecule has 2 unspecified atom stereocenters. The Morgan fingerprint density at radius 1 is 1.09 bits per heavy atom. The number of hydrogen-bond donors (Lipinski definition) is 2. The molecule has 2 heterocycles. The number of urea groups is 1. The van der Waals surface area contributed by atoms with Gasteiger partial charge in [-0.15, -0.1) is 0 Å². The van der Waals surface area contributed by atoms with Gasteiger partial charge in [-0.25, -0.2) is 9.48 Å². The standard InChI is InChI=1S/C27H33N5O3/c1-34-15-14-31-17-23(19-8-6-11-21(16-19)35-2)25(18-31)28-27(33)29-26-22-12-7-13-24(22)30-32(26)20-9-4-3-5-10-20/h3-6,8-11,16,23,25H,7,12-15,17-18H2,1-2H3,(H2,28,29,33). The average Bonchev–Trinajstić information content (AvgIpc) is 3.59. The number of carbonyl (C=O) groups is 1. The number of aromatic nitrogens is 2. The zero-order chi connectivity index (χ0) is 24.2. The SMILES string of the molecule is COCCN1CC(NC(=O)Nc2c3c(nn2-c2ccccc2)CCC3)C(c2cccc(OC)c2)C1. The summed E-state index contributed by atoms with van der Waals surface area (Å²) in [6.45, 7) is 3.09. The van der Waals surface area contributed by atoms with Crippen LogP contribution in [0.15, 0.2) is 54.6 Å². The van der Waals surface area contributed by atoms with E-state index in [1.54, 1.807) is 14.2 Å². The van der Waals surface area contributed by atoms with Gasteiger partial charge in [-0.2, -0.15) is 5.10 Å². The maximum atomic E-state index is 13.3. The van der Waals surface area contributed by atoms with Crippen LogP contribution in [0, 0.1) is 0 Å². The fraction of sp³-hybridized carbons (Fsp3) is 0.407. The molecule has 2 amide bonds. The van der Waals surface area contributed by atoms with Crippen LogP contribution in [-0.4, -0.2) is 67.2 Å². The van der Waals surface area contributed by atoms with E-state index >= 15 is 0 Å². The number of nitrogens with one attached hydrogen (secondary N) is 2. The lowest BCUT2D eigenvalue weighted by atomic mass is 9.94. The second kappa shape index (κ2) is 10.5. The van der Waals surface area contributed by atoms with Crippen LogP contribution in [0.1, 0.15) is 29.2 Å². The maximum absolute atomic E-state index is 13.3. The number of carbonyl (C=O) groups excluding carboxylic acids is 1. The molecule has 8 nitrogen and oxygen atoms in total. The lowest BCUT2D eigenvalue weighted by Crippen LogP contribution is -2.42. The molecule has 2 aliphatic rings. The highest BCUT2D eigenvalue weighted by atomic mass is 16.5. The number of benzene rings is 2. The molecule has 1 aliphatic carbocycles. The monoisotopic (exact) mass is 475 g/mol. The molecule has 35 heavy (non-hydrogen) atoms. The van der Waals surface area contributed by atoms with E-state index in [2.05, 4.69) is 27.7 Å². The minimum atomic E-state index is -0.205. The molecule has 1 aliphatic heterocycles. The number of ether oxygens (including phenoxy) is 2. The van der Waals surface area contributed by atoms with Crippen LogP contribution in [0.2, 0.25) is 0 Å². The Bertz CT molecular complexity index is 1160. The zero-order valence-corrected chi connectivity index (χ0v) is 20.4. The number of fused-ring (bicyclic) bond motifs is 1. The smallest absolute Gasteiger partial charge is 0.320 e. The first-order valence-electron chi connectivity index (χ1n) is 12.2. The van der Waals surface area contributed by atoms with E-state index in [0.29, 0.717) is 6.61 Å². The van der Waals surface area contributed by atoms with Gasteiger partial charge in [-0.05, 0) is 49.1 Å². The summed E-state index contributed by atoms with van der Waals surface area (Å²) in [5, 5.41) is 11.2. The average molecular weight is 476 g/mol. The van der Waals surface area contributed by atoms with E-state index in [1.165, 1.54) is 0 Å². The highest BCUT2D eigenvalue weighted by Crippen LogP contribution is 2.32. The number of nitrogens with zero attached hydrogens (tertiary/aromatic N) is 3. The van der Waals surface area contributed by atoms with Crippen LogP contribution < -0.4 is 15.4 Å². The number of para-hydroxylation sites is 1. The molecule has 1 aromatic heterocycles. The third-order valence-electron chi connectivity index (χ3n) is 6.99. The molecule has 0 bridgehead atoms. The first-order chi connectivity index (χ1) is 17.2. The minimum Gasteiger partial charge on any atom is -0.497 e. The Kier molecular flexibility index (Phi) is 7.01. The Morgan fingerprint density at radius 2 is 1.94 bits per heavy atom. The third-order valence-corrected chi connectivity index (χ3v) is 6.99. The summed E-state index contributed by atoms with van der Waals surface area (Å²) in [5.74, 6) is 1.74. The molecule has 0 saturated carbocycles. The van der Waals surface area contributed by atoms with Gasteiger partial charge in [-0.1, -0.05) is 30.3 Å². The summed E-state index contributed by atoms with van der Waals surface area (Å²) >= 11 is 0. The lowest BCUT2D eigenvalue weighted by Gasteiger charge is -2.21. The number of likely N-dealkylation sites (tertiary alicyclic amines) is 1. The van der Waals surface area contributed by atoms with E-state index in [1.807, 2.05) is 47.1 Å².